The second-order valence-electron chi connectivity index (χ2n) is 4.82. The van der Waals surface area contributed by atoms with Crippen molar-refractivity contribution in [1.82, 2.24) is 4.98 Å². The van der Waals surface area contributed by atoms with Crippen molar-refractivity contribution >= 4 is 5.78 Å². The van der Waals surface area contributed by atoms with Gasteiger partial charge in [0.15, 0.2) is 5.78 Å². The van der Waals surface area contributed by atoms with Crippen molar-refractivity contribution in [3.63, 3.8) is 0 Å². The SMILES string of the molecule is Cc1cc(C(=O)CC2CCOCC2)cc(C)n1. The minimum absolute atomic E-state index is 0.241. The van der Waals surface area contributed by atoms with E-state index in [-0.39, 0.29) is 5.78 Å². The lowest BCUT2D eigenvalue weighted by atomic mass is 9.92. The van der Waals surface area contributed by atoms with E-state index in [2.05, 4.69) is 4.98 Å². The number of ether oxygens (including phenoxy) is 1. The number of carbonyl (C=O) groups is 1. The quantitative estimate of drug-likeness (QED) is 0.753. The van der Waals surface area contributed by atoms with Crippen LogP contribution in [-0.2, 0) is 4.74 Å². The zero-order valence-electron chi connectivity index (χ0n) is 10.5. The lowest BCUT2D eigenvalue weighted by Crippen LogP contribution is -2.19. The molecule has 3 nitrogen and oxygen atoms in total. The van der Waals surface area contributed by atoms with Crippen LogP contribution in [0.4, 0.5) is 0 Å². The van der Waals surface area contributed by atoms with Gasteiger partial charge in [-0.1, -0.05) is 0 Å². The smallest absolute Gasteiger partial charge is 0.163 e. The summed E-state index contributed by atoms with van der Waals surface area (Å²) in [6.45, 7) is 5.45. The van der Waals surface area contributed by atoms with Crippen LogP contribution in [0.3, 0.4) is 0 Å². The van der Waals surface area contributed by atoms with Gasteiger partial charge in [-0.15, -0.1) is 0 Å². The van der Waals surface area contributed by atoms with Crippen LogP contribution in [0.25, 0.3) is 0 Å². The summed E-state index contributed by atoms with van der Waals surface area (Å²) < 4.78 is 5.30. The Bertz CT molecular complexity index is 388. The summed E-state index contributed by atoms with van der Waals surface area (Å²) in [5.41, 5.74) is 2.64. The first-order valence-electron chi connectivity index (χ1n) is 6.21. The Morgan fingerprint density at radius 1 is 1.29 bits per heavy atom. The van der Waals surface area contributed by atoms with E-state index in [1.165, 1.54) is 0 Å². The number of aromatic nitrogens is 1. The van der Waals surface area contributed by atoms with Crippen molar-refractivity contribution in [2.75, 3.05) is 13.2 Å². The highest BCUT2D eigenvalue weighted by atomic mass is 16.5. The molecule has 92 valence electrons. The standard InChI is InChI=1S/C14H19NO2/c1-10-7-13(8-11(2)15-10)14(16)9-12-3-5-17-6-4-12/h7-8,12H,3-6,9H2,1-2H3. The predicted molar refractivity (Wildman–Crippen MR) is 66.2 cm³/mol. The van der Waals surface area contributed by atoms with E-state index in [0.717, 1.165) is 43.0 Å². The molecule has 2 rings (SSSR count). The molecule has 0 atom stereocenters. The first kappa shape index (κ1) is 12.2. The molecular weight excluding hydrogens is 214 g/mol. The van der Waals surface area contributed by atoms with Gasteiger partial charge >= 0.3 is 0 Å². The van der Waals surface area contributed by atoms with Crippen molar-refractivity contribution < 1.29 is 9.53 Å². The zero-order chi connectivity index (χ0) is 12.3. The van der Waals surface area contributed by atoms with E-state index < -0.39 is 0 Å². The Morgan fingerprint density at radius 3 is 2.47 bits per heavy atom. The predicted octanol–water partition coefficient (Wildman–Crippen LogP) is 2.70. The van der Waals surface area contributed by atoms with Gasteiger partial charge in [0.2, 0.25) is 0 Å². The molecule has 1 aliphatic heterocycles. The molecule has 0 aliphatic carbocycles. The molecule has 0 aromatic carbocycles. The lowest BCUT2D eigenvalue weighted by Gasteiger charge is -2.21. The number of nitrogens with zero attached hydrogens (tertiary/aromatic N) is 1. The van der Waals surface area contributed by atoms with E-state index in [0.29, 0.717) is 12.3 Å². The molecule has 0 unspecified atom stereocenters. The number of rotatable bonds is 3. The number of ketones is 1. The van der Waals surface area contributed by atoms with Gasteiger partial charge in [0.25, 0.3) is 0 Å². The van der Waals surface area contributed by atoms with E-state index in [1.807, 2.05) is 26.0 Å². The summed E-state index contributed by atoms with van der Waals surface area (Å²) in [7, 11) is 0. The Labute approximate surface area is 102 Å². The molecule has 3 heteroatoms. The summed E-state index contributed by atoms with van der Waals surface area (Å²) in [6, 6.07) is 3.77. The normalized spacial score (nSPS) is 17.1. The number of hydrogen-bond donors (Lipinski definition) is 0. The van der Waals surface area contributed by atoms with E-state index in [4.69, 9.17) is 4.74 Å². The summed E-state index contributed by atoms with van der Waals surface area (Å²) in [5.74, 6) is 0.732. The largest absolute Gasteiger partial charge is 0.381 e. The maximum Gasteiger partial charge on any atom is 0.163 e. The molecule has 0 spiro atoms. The van der Waals surface area contributed by atoms with Gasteiger partial charge in [-0.05, 0) is 44.7 Å². The second kappa shape index (κ2) is 5.41. The average Bonchev–Trinajstić information content (AvgIpc) is 2.29. The van der Waals surface area contributed by atoms with Gasteiger partial charge < -0.3 is 4.74 Å². The Hall–Kier alpha value is -1.22. The number of hydrogen-bond acceptors (Lipinski definition) is 3. The van der Waals surface area contributed by atoms with Gasteiger partial charge in [0.1, 0.15) is 0 Å². The molecule has 17 heavy (non-hydrogen) atoms. The van der Waals surface area contributed by atoms with E-state index >= 15 is 0 Å². The van der Waals surface area contributed by atoms with Gasteiger partial charge in [-0.2, -0.15) is 0 Å². The number of aryl methyl sites for hydroxylation is 2. The fourth-order valence-corrected chi connectivity index (χ4v) is 2.33. The molecule has 1 saturated heterocycles. The summed E-state index contributed by atoms with van der Waals surface area (Å²) >= 11 is 0. The fraction of sp³-hybridized carbons (Fsp3) is 0.571. The van der Waals surface area contributed by atoms with E-state index in [1.54, 1.807) is 0 Å². The third-order valence-electron chi connectivity index (χ3n) is 3.22. The van der Waals surface area contributed by atoms with Crippen LogP contribution < -0.4 is 0 Å². The maximum atomic E-state index is 12.1. The van der Waals surface area contributed by atoms with Crippen LogP contribution in [0.2, 0.25) is 0 Å². The molecule has 1 fully saturated rings. The summed E-state index contributed by atoms with van der Waals surface area (Å²) in [4.78, 5) is 16.4. The molecule has 0 amide bonds. The first-order chi connectivity index (χ1) is 8.15. The van der Waals surface area contributed by atoms with Gasteiger partial charge in [-0.3, -0.25) is 9.78 Å². The van der Waals surface area contributed by atoms with Crippen molar-refractivity contribution in [3.05, 3.63) is 29.1 Å². The zero-order valence-corrected chi connectivity index (χ0v) is 10.5. The van der Waals surface area contributed by atoms with Crippen LogP contribution >= 0.6 is 0 Å². The van der Waals surface area contributed by atoms with Gasteiger partial charge in [0, 0.05) is 36.6 Å². The van der Waals surface area contributed by atoms with Crippen LogP contribution in [-0.4, -0.2) is 24.0 Å². The second-order valence-corrected chi connectivity index (χ2v) is 4.82. The number of Topliss-reactive ketones (excluding diaryl/α,β-unsaturated/α-hetero) is 1. The van der Waals surface area contributed by atoms with Gasteiger partial charge in [0.05, 0.1) is 0 Å². The molecule has 0 N–H and O–H groups in total. The third kappa shape index (κ3) is 3.37. The highest BCUT2D eigenvalue weighted by molar-refractivity contribution is 5.96. The molecule has 2 heterocycles. The van der Waals surface area contributed by atoms with Crippen LogP contribution in [0.1, 0.15) is 41.0 Å². The van der Waals surface area contributed by atoms with E-state index in [9.17, 15) is 4.79 Å². The average molecular weight is 233 g/mol. The van der Waals surface area contributed by atoms with Crippen LogP contribution in [0, 0.1) is 19.8 Å². The molecule has 0 bridgehead atoms. The minimum Gasteiger partial charge on any atom is -0.381 e. The Kier molecular flexibility index (Phi) is 3.89. The third-order valence-corrected chi connectivity index (χ3v) is 3.22. The highest BCUT2D eigenvalue weighted by Crippen LogP contribution is 2.21. The van der Waals surface area contributed by atoms with Gasteiger partial charge in [-0.25, -0.2) is 0 Å². The molecule has 0 saturated carbocycles. The van der Waals surface area contributed by atoms with Crippen molar-refractivity contribution in [3.8, 4) is 0 Å². The highest BCUT2D eigenvalue weighted by Gasteiger charge is 2.18. The molecular formula is C14H19NO2. The minimum atomic E-state index is 0.241. The summed E-state index contributed by atoms with van der Waals surface area (Å²) in [5, 5.41) is 0. The topological polar surface area (TPSA) is 39.2 Å². The molecule has 0 radical (unpaired) electrons. The number of carbonyl (C=O) groups excluding carboxylic acids is 1. The molecule has 1 aliphatic rings. The van der Waals surface area contributed by atoms with Crippen molar-refractivity contribution in [2.24, 2.45) is 5.92 Å². The molecule has 1 aromatic heterocycles. The maximum absolute atomic E-state index is 12.1. The first-order valence-corrected chi connectivity index (χ1v) is 6.21. The van der Waals surface area contributed by atoms with Crippen LogP contribution in [0.5, 0.6) is 0 Å². The Balaban J connectivity index is 2.03. The molecule has 1 aromatic rings. The Morgan fingerprint density at radius 2 is 1.88 bits per heavy atom. The number of pyridine rings is 1. The van der Waals surface area contributed by atoms with Crippen LogP contribution in [0.15, 0.2) is 12.1 Å². The lowest BCUT2D eigenvalue weighted by molar-refractivity contribution is 0.0601. The fourth-order valence-electron chi connectivity index (χ4n) is 2.33. The monoisotopic (exact) mass is 233 g/mol. The summed E-state index contributed by atoms with van der Waals surface area (Å²) in [6.07, 6.45) is 2.66. The van der Waals surface area contributed by atoms with Crippen molar-refractivity contribution in [1.29, 1.82) is 0 Å². The van der Waals surface area contributed by atoms with Crippen molar-refractivity contribution in [2.45, 2.75) is 33.1 Å².